The van der Waals surface area contributed by atoms with Crippen LogP contribution in [0.25, 0.3) is 10.9 Å². The van der Waals surface area contributed by atoms with Crippen molar-refractivity contribution in [3.8, 4) is 0 Å². The molecule has 0 bridgehead atoms. The van der Waals surface area contributed by atoms with Gasteiger partial charge in [0, 0.05) is 16.1 Å². The molecule has 2 rings (SSSR count). The zero-order valence-corrected chi connectivity index (χ0v) is 9.93. The van der Waals surface area contributed by atoms with E-state index < -0.39 is 11.9 Å². The molecule has 1 aromatic carbocycles. The van der Waals surface area contributed by atoms with Gasteiger partial charge in [-0.15, -0.1) is 0 Å². The molecule has 0 aliphatic heterocycles. The number of aromatic carboxylic acids is 2. The first-order valence-corrected chi connectivity index (χ1v) is 5.35. The van der Waals surface area contributed by atoms with Crippen molar-refractivity contribution in [2.45, 2.75) is 0 Å². The zero-order valence-electron chi connectivity index (χ0n) is 8.35. The Labute approximate surface area is 104 Å². The average molecular weight is 296 g/mol. The van der Waals surface area contributed by atoms with Crippen LogP contribution in [0.1, 0.15) is 20.7 Å². The van der Waals surface area contributed by atoms with Crippen molar-refractivity contribution in [2.75, 3.05) is 0 Å². The number of carboxylic acid groups (broad SMARTS) is 2. The molecule has 2 N–H and O–H groups in total. The summed E-state index contributed by atoms with van der Waals surface area (Å²) in [7, 11) is 0. The summed E-state index contributed by atoms with van der Waals surface area (Å²) >= 11 is 3.20. The lowest BCUT2D eigenvalue weighted by molar-refractivity contribution is 0.0653. The predicted octanol–water partition coefficient (Wildman–Crippen LogP) is 2.39. The van der Waals surface area contributed by atoms with Gasteiger partial charge in [0.15, 0.2) is 0 Å². The summed E-state index contributed by atoms with van der Waals surface area (Å²) in [6, 6.07) is 4.96. The first kappa shape index (κ1) is 11.5. The van der Waals surface area contributed by atoms with Crippen LogP contribution in [-0.4, -0.2) is 27.1 Å². The quantitative estimate of drug-likeness (QED) is 0.888. The number of aromatic nitrogens is 1. The highest BCUT2D eigenvalue weighted by Gasteiger charge is 2.21. The van der Waals surface area contributed by atoms with E-state index in [-0.39, 0.29) is 11.1 Å². The Morgan fingerprint density at radius 1 is 1.18 bits per heavy atom. The summed E-state index contributed by atoms with van der Waals surface area (Å²) in [5, 5.41) is 18.4. The Balaban J connectivity index is 2.98. The molecule has 0 amide bonds. The fourth-order valence-electron chi connectivity index (χ4n) is 1.59. The van der Waals surface area contributed by atoms with Gasteiger partial charge < -0.3 is 10.2 Å². The first-order valence-electron chi connectivity index (χ1n) is 4.56. The monoisotopic (exact) mass is 295 g/mol. The molecule has 1 aromatic heterocycles. The highest BCUT2D eigenvalue weighted by molar-refractivity contribution is 9.10. The maximum Gasteiger partial charge on any atom is 0.338 e. The SMILES string of the molecule is O=C(O)c1cnc2cccc(Br)c2c1C(=O)O. The Hall–Kier alpha value is -1.95. The average Bonchev–Trinajstić information content (AvgIpc) is 2.27. The second-order valence-corrected chi connectivity index (χ2v) is 4.15. The van der Waals surface area contributed by atoms with E-state index in [1.54, 1.807) is 18.2 Å². The second-order valence-electron chi connectivity index (χ2n) is 3.29. The van der Waals surface area contributed by atoms with E-state index in [9.17, 15) is 9.59 Å². The molecule has 0 saturated carbocycles. The van der Waals surface area contributed by atoms with Gasteiger partial charge in [-0.3, -0.25) is 4.98 Å². The van der Waals surface area contributed by atoms with Gasteiger partial charge in [-0.2, -0.15) is 0 Å². The van der Waals surface area contributed by atoms with E-state index in [1.807, 2.05) is 0 Å². The lowest BCUT2D eigenvalue weighted by atomic mass is 10.0. The van der Waals surface area contributed by atoms with E-state index in [0.717, 1.165) is 6.20 Å². The minimum atomic E-state index is -1.31. The largest absolute Gasteiger partial charge is 0.478 e. The van der Waals surface area contributed by atoms with Gasteiger partial charge in [0.05, 0.1) is 16.6 Å². The van der Waals surface area contributed by atoms with Crippen LogP contribution in [0, 0.1) is 0 Å². The van der Waals surface area contributed by atoms with Gasteiger partial charge in [-0.1, -0.05) is 22.0 Å². The van der Waals surface area contributed by atoms with Crippen LogP contribution in [-0.2, 0) is 0 Å². The third kappa shape index (κ3) is 1.87. The Morgan fingerprint density at radius 2 is 1.88 bits per heavy atom. The summed E-state index contributed by atoms with van der Waals surface area (Å²) in [6.07, 6.45) is 1.06. The van der Waals surface area contributed by atoms with E-state index >= 15 is 0 Å². The molecule has 17 heavy (non-hydrogen) atoms. The van der Waals surface area contributed by atoms with Crippen molar-refractivity contribution < 1.29 is 19.8 Å². The molecular weight excluding hydrogens is 290 g/mol. The summed E-state index contributed by atoms with van der Waals surface area (Å²) in [5.74, 6) is -2.60. The van der Waals surface area contributed by atoms with Crippen LogP contribution in [0.15, 0.2) is 28.9 Å². The summed E-state index contributed by atoms with van der Waals surface area (Å²) < 4.78 is 0.503. The highest BCUT2D eigenvalue weighted by atomic mass is 79.9. The molecule has 0 aliphatic carbocycles. The number of carbonyl (C=O) groups is 2. The van der Waals surface area contributed by atoms with Crippen LogP contribution >= 0.6 is 15.9 Å². The van der Waals surface area contributed by atoms with Crippen LogP contribution in [0.5, 0.6) is 0 Å². The van der Waals surface area contributed by atoms with Crippen LogP contribution in [0.2, 0.25) is 0 Å². The smallest absolute Gasteiger partial charge is 0.338 e. The Kier molecular flexibility index (Phi) is 2.81. The first-order chi connectivity index (χ1) is 8.02. The normalized spacial score (nSPS) is 10.4. The number of halogens is 1. The lowest BCUT2D eigenvalue weighted by Crippen LogP contribution is -2.10. The fourth-order valence-corrected chi connectivity index (χ4v) is 2.14. The number of rotatable bonds is 2. The van der Waals surface area contributed by atoms with Crippen molar-refractivity contribution in [3.63, 3.8) is 0 Å². The van der Waals surface area contributed by atoms with Crippen molar-refractivity contribution in [1.82, 2.24) is 4.98 Å². The van der Waals surface area contributed by atoms with Gasteiger partial charge >= 0.3 is 11.9 Å². The van der Waals surface area contributed by atoms with Gasteiger partial charge in [-0.25, -0.2) is 9.59 Å². The number of hydrogen-bond acceptors (Lipinski definition) is 3. The van der Waals surface area contributed by atoms with E-state index in [1.165, 1.54) is 0 Å². The summed E-state index contributed by atoms with van der Waals surface area (Å²) in [5.41, 5.74) is -0.145. The minimum Gasteiger partial charge on any atom is -0.478 e. The molecule has 5 nitrogen and oxygen atoms in total. The molecule has 0 atom stereocenters. The van der Waals surface area contributed by atoms with Crippen molar-refractivity contribution in [2.24, 2.45) is 0 Å². The number of nitrogens with zero attached hydrogens (tertiary/aromatic N) is 1. The van der Waals surface area contributed by atoms with Crippen LogP contribution in [0.3, 0.4) is 0 Å². The minimum absolute atomic E-state index is 0.255. The Bertz CT molecular complexity index is 639. The number of carboxylic acids is 2. The predicted molar refractivity (Wildman–Crippen MR) is 63.4 cm³/mol. The lowest BCUT2D eigenvalue weighted by Gasteiger charge is -2.07. The molecule has 2 aromatic rings. The third-order valence-electron chi connectivity index (χ3n) is 2.29. The summed E-state index contributed by atoms with van der Waals surface area (Å²) in [4.78, 5) is 26.1. The molecule has 0 radical (unpaired) electrons. The number of fused-ring (bicyclic) bond motifs is 1. The number of benzene rings is 1. The number of pyridine rings is 1. The van der Waals surface area contributed by atoms with E-state index in [2.05, 4.69) is 20.9 Å². The zero-order chi connectivity index (χ0) is 12.6. The van der Waals surface area contributed by atoms with E-state index in [4.69, 9.17) is 10.2 Å². The Morgan fingerprint density at radius 3 is 2.47 bits per heavy atom. The molecule has 0 saturated heterocycles. The van der Waals surface area contributed by atoms with Crippen molar-refractivity contribution in [3.05, 3.63) is 40.0 Å². The molecule has 1 heterocycles. The van der Waals surface area contributed by atoms with Gasteiger partial charge in [-0.05, 0) is 12.1 Å². The second kappa shape index (κ2) is 4.14. The molecule has 0 spiro atoms. The molecule has 0 fully saturated rings. The molecule has 86 valence electrons. The standard InChI is InChI=1S/C11H6BrNO4/c12-6-2-1-3-7-9(6)8(11(16)17)5(4-13-7)10(14)15/h1-4H,(H,14,15)(H,16,17). The fraction of sp³-hybridized carbons (Fsp3) is 0. The van der Waals surface area contributed by atoms with Gasteiger partial charge in [0.1, 0.15) is 0 Å². The van der Waals surface area contributed by atoms with Crippen LogP contribution < -0.4 is 0 Å². The topological polar surface area (TPSA) is 87.5 Å². The maximum absolute atomic E-state index is 11.2. The van der Waals surface area contributed by atoms with Gasteiger partial charge in [0.2, 0.25) is 0 Å². The van der Waals surface area contributed by atoms with Crippen LogP contribution in [0.4, 0.5) is 0 Å². The molecule has 0 aliphatic rings. The molecule has 6 heteroatoms. The molecular formula is C11H6BrNO4. The van der Waals surface area contributed by atoms with Crippen molar-refractivity contribution >= 4 is 38.8 Å². The summed E-state index contributed by atoms with van der Waals surface area (Å²) in [6.45, 7) is 0. The molecule has 0 unspecified atom stereocenters. The highest BCUT2D eigenvalue weighted by Crippen LogP contribution is 2.28. The maximum atomic E-state index is 11.2. The number of hydrogen-bond donors (Lipinski definition) is 2. The van der Waals surface area contributed by atoms with Gasteiger partial charge in [0.25, 0.3) is 0 Å². The van der Waals surface area contributed by atoms with Crippen molar-refractivity contribution in [1.29, 1.82) is 0 Å². The van der Waals surface area contributed by atoms with E-state index in [0.29, 0.717) is 15.4 Å². The third-order valence-corrected chi connectivity index (χ3v) is 2.95.